The highest BCUT2D eigenvalue weighted by Crippen LogP contribution is 2.28. The number of nitrogens with zero attached hydrogens (tertiary/aromatic N) is 3. The topological polar surface area (TPSA) is 61.3 Å². The van der Waals surface area contributed by atoms with Gasteiger partial charge in [0.2, 0.25) is 0 Å². The van der Waals surface area contributed by atoms with E-state index in [9.17, 15) is 5.11 Å². The van der Waals surface area contributed by atoms with Crippen LogP contribution < -0.4 is 10.2 Å². The first-order chi connectivity index (χ1) is 9.52. The van der Waals surface area contributed by atoms with Gasteiger partial charge in [0.1, 0.15) is 17.5 Å². The van der Waals surface area contributed by atoms with Gasteiger partial charge in [-0.3, -0.25) is 0 Å². The molecule has 2 rings (SSSR count). The second kappa shape index (κ2) is 6.39. The SMILES string of the molecule is CCCNc1nc(C(C)C)nc(N2CCC(O)C2)c1C. The average Bonchev–Trinajstić information content (AvgIpc) is 2.83. The van der Waals surface area contributed by atoms with Crippen molar-refractivity contribution in [1.29, 1.82) is 0 Å². The van der Waals surface area contributed by atoms with E-state index in [4.69, 9.17) is 4.98 Å². The molecule has 5 heteroatoms. The molecular weight excluding hydrogens is 252 g/mol. The molecule has 1 aliphatic rings. The second-order valence-electron chi connectivity index (χ2n) is 5.85. The Labute approximate surface area is 121 Å². The fourth-order valence-electron chi connectivity index (χ4n) is 2.44. The summed E-state index contributed by atoms with van der Waals surface area (Å²) in [5.41, 5.74) is 1.08. The maximum absolute atomic E-state index is 9.74. The van der Waals surface area contributed by atoms with Gasteiger partial charge in [-0.25, -0.2) is 9.97 Å². The van der Waals surface area contributed by atoms with Gasteiger partial charge in [-0.2, -0.15) is 0 Å². The molecule has 20 heavy (non-hydrogen) atoms. The number of aliphatic hydroxyl groups is 1. The second-order valence-corrected chi connectivity index (χ2v) is 5.85. The lowest BCUT2D eigenvalue weighted by Gasteiger charge is -2.22. The number of aliphatic hydroxyl groups excluding tert-OH is 1. The molecule has 2 heterocycles. The molecule has 0 bridgehead atoms. The zero-order valence-corrected chi connectivity index (χ0v) is 13.0. The van der Waals surface area contributed by atoms with Crippen molar-refractivity contribution in [3.05, 3.63) is 11.4 Å². The molecular formula is C15H26N4O. The van der Waals surface area contributed by atoms with Crippen LogP contribution in [0.5, 0.6) is 0 Å². The minimum Gasteiger partial charge on any atom is -0.391 e. The van der Waals surface area contributed by atoms with Crippen LogP contribution in [-0.4, -0.2) is 40.8 Å². The van der Waals surface area contributed by atoms with Gasteiger partial charge < -0.3 is 15.3 Å². The molecule has 0 radical (unpaired) electrons. The van der Waals surface area contributed by atoms with Crippen molar-refractivity contribution < 1.29 is 5.11 Å². The van der Waals surface area contributed by atoms with Gasteiger partial charge in [-0.1, -0.05) is 20.8 Å². The molecule has 5 nitrogen and oxygen atoms in total. The summed E-state index contributed by atoms with van der Waals surface area (Å²) in [7, 11) is 0. The minimum atomic E-state index is -0.237. The van der Waals surface area contributed by atoms with Gasteiger partial charge in [-0.05, 0) is 19.8 Å². The summed E-state index contributed by atoms with van der Waals surface area (Å²) in [6, 6.07) is 0. The smallest absolute Gasteiger partial charge is 0.137 e. The molecule has 1 fully saturated rings. The number of nitrogens with one attached hydrogen (secondary N) is 1. The molecule has 1 aromatic heterocycles. The first-order valence-electron chi connectivity index (χ1n) is 7.58. The molecule has 1 unspecified atom stereocenters. The van der Waals surface area contributed by atoms with Gasteiger partial charge in [0.05, 0.1) is 6.10 Å². The van der Waals surface area contributed by atoms with Gasteiger partial charge in [-0.15, -0.1) is 0 Å². The van der Waals surface area contributed by atoms with E-state index < -0.39 is 0 Å². The van der Waals surface area contributed by atoms with Crippen molar-refractivity contribution in [2.45, 2.75) is 52.6 Å². The summed E-state index contributed by atoms with van der Waals surface area (Å²) in [6.45, 7) is 10.9. The Morgan fingerprint density at radius 3 is 2.70 bits per heavy atom. The Bertz CT molecular complexity index is 461. The van der Waals surface area contributed by atoms with Gasteiger partial charge in [0, 0.05) is 31.1 Å². The van der Waals surface area contributed by atoms with E-state index in [1.807, 2.05) is 0 Å². The highest BCUT2D eigenvalue weighted by atomic mass is 16.3. The van der Waals surface area contributed by atoms with E-state index in [2.05, 4.69) is 42.9 Å². The first kappa shape index (κ1) is 15.0. The molecule has 2 N–H and O–H groups in total. The number of rotatable bonds is 5. The summed E-state index contributed by atoms with van der Waals surface area (Å²) in [4.78, 5) is 11.5. The van der Waals surface area contributed by atoms with Crippen LogP contribution >= 0.6 is 0 Å². The van der Waals surface area contributed by atoms with Crippen molar-refractivity contribution in [3.8, 4) is 0 Å². The molecule has 112 valence electrons. The summed E-state index contributed by atoms with van der Waals surface area (Å²) in [5, 5.41) is 13.1. The van der Waals surface area contributed by atoms with Gasteiger partial charge >= 0.3 is 0 Å². The van der Waals surface area contributed by atoms with Crippen LogP contribution in [0.2, 0.25) is 0 Å². The number of hydrogen-bond donors (Lipinski definition) is 2. The fourth-order valence-corrected chi connectivity index (χ4v) is 2.44. The maximum Gasteiger partial charge on any atom is 0.137 e. The predicted molar refractivity (Wildman–Crippen MR) is 82.5 cm³/mol. The van der Waals surface area contributed by atoms with E-state index in [1.54, 1.807) is 0 Å². The van der Waals surface area contributed by atoms with Crippen LogP contribution in [0.3, 0.4) is 0 Å². The Morgan fingerprint density at radius 2 is 2.15 bits per heavy atom. The third-order valence-corrected chi connectivity index (χ3v) is 3.66. The molecule has 1 saturated heterocycles. The largest absolute Gasteiger partial charge is 0.391 e. The molecule has 0 aromatic carbocycles. The summed E-state index contributed by atoms with van der Waals surface area (Å²) >= 11 is 0. The van der Waals surface area contributed by atoms with Crippen LogP contribution in [0.4, 0.5) is 11.6 Å². The van der Waals surface area contributed by atoms with E-state index in [1.165, 1.54) is 0 Å². The van der Waals surface area contributed by atoms with Crippen LogP contribution in [-0.2, 0) is 0 Å². The monoisotopic (exact) mass is 278 g/mol. The lowest BCUT2D eigenvalue weighted by atomic mass is 10.2. The highest BCUT2D eigenvalue weighted by Gasteiger charge is 2.25. The van der Waals surface area contributed by atoms with Crippen molar-refractivity contribution >= 4 is 11.6 Å². The Kier molecular flexibility index (Phi) is 4.81. The standard InChI is InChI=1S/C15H26N4O/c1-5-7-16-14-11(4)15(18-13(17-14)10(2)3)19-8-6-12(20)9-19/h10,12,20H,5-9H2,1-4H3,(H,16,17,18). The molecule has 0 spiro atoms. The average molecular weight is 278 g/mol. The van der Waals surface area contributed by atoms with E-state index in [0.29, 0.717) is 12.5 Å². The summed E-state index contributed by atoms with van der Waals surface area (Å²) in [5.74, 6) is 3.07. The molecule has 0 aliphatic carbocycles. The number of hydrogen-bond acceptors (Lipinski definition) is 5. The summed E-state index contributed by atoms with van der Waals surface area (Å²) < 4.78 is 0. The Hall–Kier alpha value is -1.36. The number of aromatic nitrogens is 2. The third-order valence-electron chi connectivity index (χ3n) is 3.66. The molecule has 1 aliphatic heterocycles. The van der Waals surface area contributed by atoms with Crippen molar-refractivity contribution in [3.63, 3.8) is 0 Å². The van der Waals surface area contributed by atoms with Gasteiger partial charge in [0.25, 0.3) is 0 Å². The third kappa shape index (κ3) is 3.20. The molecule has 0 amide bonds. The first-order valence-corrected chi connectivity index (χ1v) is 7.58. The lowest BCUT2D eigenvalue weighted by molar-refractivity contribution is 0.198. The van der Waals surface area contributed by atoms with Crippen LogP contribution in [0.15, 0.2) is 0 Å². The van der Waals surface area contributed by atoms with Crippen molar-refractivity contribution in [1.82, 2.24) is 9.97 Å². The lowest BCUT2D eigenvalue weighted by Crippen LogP contribution is -2.25. The van der Waals surface area contributed by atoms with Crippen LogP contribution in [0, 0.1) is 6.92 Å². The predicted octanol–water partition coefficient (Wildman–Crippen LogP) is 2.30. The zero-order valence-electron chi connectivity index (χ0n) is 13.0. The van der Waals surface area contributed by atoms with Crippen LogP contribution in [0.25, 0.3) is 0 Å². The number of anilines is 2. The zero-order chi connectivity index (χ0) is 14.7. The number of β-amino-alcohol motifs (C(OH)–C–C–N with tert-alkyl or cyclic N) is 1. The maximum atomic E-state index is 9.74. The highest BCUT2D eigenvalue weighted by molar-refractivity contribution is 5.59. The molecule has 1 aromatic rings. The minimum absolute atomic E-state index is 0.237. The van der Waals surface area contributed by atoms with E-state index >= 15 is 0 Å². The molecule has 0 saturated carbocycles. The van der Waals surface area contributed by atoms with Crippen molar-refractivity contribution in [2.24, 2.45) is 0 Å². The summed E-state index contributed by atoms with van der Waals surface area (Å²) in [6.07, 6.45) is 1.65. The fraction of sp³-hybridized carbons (Fsp3) is 0.733. The van der Waals surface area contributed by atoms with Crippen molar-refractivity contribution in [2.75, 3.05) is 29.9 Å². The van der Waals surface area contributed by atoms with Crippen LogP contribution in [0.1, 0.15) is 50.9 Å². The quantitative estimate of drug-likeness (QED) is 0.865. The molecule has 1 atom stereocenters. The Morgan fingerprint density at radius 1 is 1.40 bits per heavy atom. The normalized spacial score (nSPS) is 18.9. The van der Waals surface area contributed by atoms with E-state index in [0.717, 1.165) is 49.0 Å². The van der Waals surface area contributed by atoms with Gasteiger partial charge in [0.15, 0.2) is 0 Å². The Balaban J connectivity index is 2.35. The van der Waals surface area contributed by atoms with E-state index in [-0.39, 0.29) is 6.10 Å².